The lowest BCUT2D eigenvalue weighted by atomic mass is 10.2. The van der Waals surface area contributed by atoms with Gasteiger partial charge in [0.2, 0.25) is 5.91 Å². The summed E-state index contributed by atoms with van der Waals surface area (Å²) in [6, 6.07) is 17.8. The summed E-state index contributed by atoms with van der Waals surface area (Å²) in [5.74, 6) is -0.896. The van der Waals surface area contributed by atoms with E-state index in [4.69, 9.17) is 5.11 Å². The molecule has 6 heteroatoms. The Kier molecular flexibility index (Phi) is 5.31. The summed E-state index contributed by atoms with van der Waals surface area (Å²) in [6.07, 6.45) is 0.722. The van der Waals surface area contributed by atoms with Gasteiger partial charge in [-0.1, -0.05) is 37.3 Å². The zero-order valence-electron chi connectivity index (χ0n) is 14.6. The second kappa shape index (κ2) is 7.82. The third kappa shape index (κ3) is 3.91. The number of amides is 1. The third-order valence-corrected chi connectivity index (χ3v) is 4.25. The first-order chi connectivity index (χ1) is 12.6. The second-order valence-corrected chi connectivity index (χ2v) is 6.23. The van der Waals surface area contributed by atoms with Gasteiger partial charge in [0.25, 0.3) is 0 Å². The average Bonchev–Trinajstić information content (AvgIpc) is 3.03. The summed E-state index contributed by atoms with van der Waals surface area (Å²) in [4.78, 5) is 27.6. The summed E-state index contributed by atoms with van der Waals surface area (Å²) < 4.78 is 2.06. The van der Waals surface area contributed by atoms with Crippen LogP contribution in [-0.2, 0) is 16.0 Å². The molecule has 0 aliphatic rings. The number of rotatable bonds is 7. The Labute approximate surface area is 151 Å². The van der Waals surface area contributed by atoms with Gasteiger partial charge in [-0.3, -0.25) is 14.2 Å². The number of fused-ring (bicyclic) bond motifs is 1. The molecular formula is C20H21N3O3. The fourth-order valence-corrected chi connectivity index (χ4v) is 2.78. The molecule has 3 rings (SSSR count). The number of hydrogen-bond acceptors (Lipinski definition) is 3. The molecule has 0 aliphatic carbocycles. The number of carboxylic acid groups (broad SMARTS) is 1. The van der Waals surface area contributed by atoms with Crippen LogP contribution < -0.4 is 5.32 Å². The molecule has 1 aromatic heterocycles. The van der Waals surface area contributed by atoms with Crippen molar-refractivity contribution >= 4 is 22.9 Å². The van der Waals surface area contributed by atoms with Gasteiger partial charge in [0, 0.05) is 25.1 Å². The SMILES string of the molecule is CC(CNC(=O)CCc1nc2ccccc2n1-c1ccccc1)C(=O)O. The smallest absolute Gasteiger partial charge is 0.308 e. The normalized spacial score (nSPS) is 12.0. The molecule has 1 heterocycles. The first-order valence-corrected chi connectivity index (χ1v) is 8.57. The molecule has 0 saturated heterocycles. The molecule has 134 valence electrons. The Morgan fingerprint density at radius 3 is 2.54 bits per heavy atom. The largest absolute Gasteiger partial charge is 0.481 e. The van der Waals surface area contributed by atoms with Crippen molar-refractivity contribution in [3.8, 4) is 5.69 Å². The van der Waals surface area contributed by atoms with Crippen molar-refractivity contribution in [3.05, 3.63) is 60.4 Å². The number of para-hydroxylation sites is 3. The summed E-state index contributed by atoms with van der Waals surface area (Å²) in [5.41, 5.74) is 2.87. The van der Waals surface area contributed by atoms with E-state index in [0.717, 1.165) is 22.5 Å². The van der Waals surface area contributed by atoms with Crippen molar-refractivity contribution < 1.29 is 14.7 Å². The number of imidazole rings is 1. The van der Waals surface area contributed by atoms with E-state index in [0.29, 0.717) is 6.42 Å². The van der Waals surface area contributed by atoms with Crippen LogP contribution in [0, 0.1) is 5.92 Å². The van der Waals surface area contributed by atoms with E-state index >= 15 is 0 Å². The van der Waals surface area contributed by atoms with E-state index in [2.05, 4.69) is 14.9 Å². The zero-order valence-corrected chi connectivity index (χ0v) is 14.6. The fourth-order valence-electron chi connectivity index (χ4n) is 2.78. The van der Waals surface area contributed by atoms with Crippen LogP contribution in [0.4, 0.5) is 0 Å². The number of aliphatic carboxylic acids is 1. The number of aryl methyl sites for hydroxylation is 1. The molecule has 6 nitrogen and oxygen atoms in total. The lowest BCUT2D eigenvalue weighted by molar-refractivity contribution is -0.141. The summed E-state index contributed by atoms with van der Waals surface area (Å²) in [5, 5.41) is 11.6. The standard InChI is InChI=1S/C20H21N3O3/c1-14(20(25)26)13-21-19(24)12-11-18-22-16-9-5-6-10-17(16)23(18)15-7-3-2-4-8-15/h2-10,14H,11-13H2,1H3,(H,21,24)(H,25,26). The fraction of sp³-hybridized carbons (Fsp3) is 0.250. The Bertz CT molecular complexity index is 918. The Morgan fingerprint density at radius 2 is 1.81 bits per heavy atom. The maximum absolute atomic E-state index is 12.1. The molecule has 2 aromatic carbocycles. The van der Waals surface area contributed by atoms with Gasteiger partial charge in [-0.25, -0.2) is 4.98 Å². The summed E-state index contributed by atoms with van der Waals surface area (Å²) in [7, 11) is 0. The maximum Gasteiger partial charge on any atom is 0.308 e. The molecule has 1 atom stereocenters. The Hall–Kier alpha value is -3.15. The number of aromatic nitrogens is 2. The molecule has 0 aliphatic heterocycles. The highest BCUT2D eigenvalue weighted by molar-refractivity contribution is 5.79. The molecule has 0 spiro atoms. The maximum atomic E-state index is 12.1. The molecule has 1 unspecified atom stereocenters. The van der Waals surface area contributed by atoms with Crippen LogP contribution in [0.25, 0.3) is 16.7 Å². The minimum absolute atomic E-state index is 0.128. The lowest BCUT2D eigenvalue weighted by Crippen LogP contribution is -2.31. The first-order valence-electron chi connectivity index (χ1n) is 8.57. The minimum atomic E-state index is -0.920. The summed E-state index contributed by atoms with van der Waals surface area (Å²) >= 11 is 0. The number of carboxylic acids is 1. The average molecular weight is 351 g/mol. The van der Waals surface area contributed by atoms with Gasteiger partial charge in [0.1, 0.15) is 5.82 Å². The first kappa shape index (κ1) is 17.7. The molecule has 0 saturated carbocycles. The highest BCUT2D eigenvalue weighted by atomic mass is 16.4. The van der Waals surface area contributed by atoms with Crippen LogP contribution in [0.1, 0.15) is 19.2 Å². The van der Waals surface area contributed by atoms with E-state index in [1.165, 1.54) is 0 Å². The Morgan fingerprint density at radius 1 is 1.12 bits per heavy atom. The van der Waals surface area contributed by atoms with Gasteiger partial charge in [0.15, 0.2) is 0 Å². The quantitative estimate of drug-likeness (QED) is 0.685. The van der Waals surface area contributed by atoms with Crippen molar-refractivity contribution in [2.75, 3.05) is 6.54 Å². The van der Waals surface area contributed by atoms with Crippen LogP contribution in [-0.4, -0.2) is 33.1 Å². The van der Waals surface area contributed by atoms with E-state index in [1.54, 1.807) is 6.92 Å². The highest BCUT2D eigenvalue weighted by Crippen LogP contribution is 2.22. The van der Waals surface area contributed by atoms with Crippen LogP contribution in [0.2, 0.25) is 0 Å². The van der Waals surface area contributed by atoms with Gasteiger partial charge in [-0.05, 0) is 24.3 Å². The highest BCUT2D eigenvalue weighted by Gasteiger charge is 2.15. The Balaban J connectivity index is 1.78. The van der Waals surface area contributed by atoms with Crippen molar-refractivity contribution in [1.82, 2.24) is 14.9 Å². The summed E-state index contributed by atoms with van der Waals surface area (Å²) in [6.45, 7) is 1.70. The van der Waals surface area contributed by atoms with Crippen LogP contribution in [0.5, 0.6) is 0 Å². The number of nitrogens with one attached hydrogen (secondary N) is 1. The van der Waals surface area contributed by atoms with E-state index in [-0.39, 0.29) is 18.9 Å². The minimum Gasteiger partial charge on any atom is -0.481 e. The van der Waals surface area contributed by atoms with Gasteiger partial charge in [-0.2, -0.15) is 0 Å². The molecular weight excluding hydrogens is 330 g/mol. The predicted molar refractivity (Wildman–Crippen MR) is 99.2 cm³/mol. The topological polar surface area (TPSA) is 84.2 Å². The van der Waals surface area contributed by atoms with Gasteiger partial charge >= 0.3 is 5.97 Å². The van der Waals surface area contributed by atoms with Gasteiger partial charge in [0.05, 0.1) is 17.0 Å². The lowest BCUT2D eigenvalue weighted by Gasteiger charge is -2.10. The van der Waals surface area contributed by atoms with Crippen molar-refractivity contribution in [2.45, 2.75) is 19.8 Å². The molecule has 26 heavy (non-hydrogen) atoms. The molecule has 0 fully saturated rings. The van der Waals surface area contributed by atoms with E-state index in [9.17, 15) is 9.59 Å². The number of nitrogens with zero attached hydrogens (tertiary/aromatic N) is 2. The van der Waals surface area contributed by atoms with E-state index in [1.807, 2.05) is 54.6 Å². The second-order valence-electron chi connectivity index (χ2n) is 6.23. The van der Waals surface area contributed by atoms with Crippen molar-refractivity contribution in [2.24, 2.45) is 5.92 Å². The molecule has 0 bridgehead atoms. The monoisotopic (exact) mass is 351 g/mol. The molecule has 3 aromatic rings. The van der Waals surface area contributed by atoms with Gasteiger partial charge < -0.3 is 10.4 Å². The third-order valence-electron chi connectivity index (χ3n) is 4.25. The molecule has 1 amide bonds. The number of carbonyl (C=O) groups is 2. The van der Waals surface area contributed by atoms with Crippen LogP contribution in [0.3, 0.4) is 0 Å². The van der Waals surface area contributed by atoms with Crippen molar-refractivity contribution in [1.29, 1.82) is 0 Å². The number of carbonyl (C=O) groups excluding carboxylic acids is 1. The van der Waals surface area contributed by atoms with Crippen LogP contribution >= 0.6 is 0 Å². The van der Waals surface area contributed by atoms with Gasteiger partial charge in [-0.15, -0.1) is 0 Å². The number of hydrogen-bond donors (Lipinski definition) is 2. The van der Waals surface area contributed by atoms with Crippen molar-refractivity contribution in [3.63, 3.8) is 0 Å². The molecule has 2 N–H and O–H groups in total. The molecule has 0 radical (unpaired) electrons. The van der Waals surface area contributed by atoms with E-state index < -0.39 is 11.9 Å². The number of benzene rings is 2. The predicted octanol–water partition coefficient (Wildman–Crippen LogP) is 2.80. The zero-order chi connectivity index (χ0) is 18.5. The van der Waals surface area contributed by atoms with Crippen LogP contribution in [0.15, 0.2) is 54.6 Å².